The van der Waals surface area contributed by atoms with Crippen LogP contribution in [-0.4, -0.2) is 33.0 Å². The highest BCUT2D eigenvalue weighted by molar-refractivity contribution is 7.19. The van der Waals surface area contributed by atoms with Gasteiger partial charge in [0.2, 0.25) is 4.96 Å². The molecule has 0 aliphatic carbocycles. The number of hydrogen-bond donors (Lipinski definition) is 1. The number of nitrogen functional groups attached to an aromatic ring is 1. The van der Waals surface area contributed by atoms with E-state index in [9.17, 15) is 0 Å². The molecule has 3 aromatic rings. The first-order chi connectivity index (χ1) is 9.81. The molecule has 3 heterocycles. The number of hydrogen-bond acceptors (Lipinski definition) is 6. The van der Waals surface area contributed by atoms with Gasteiger partial charge in [-0.1, -0.05) is 23.5 Å². The van der Waals surface area contributed by atoms with E-state index >= 15 is 0 Å². The molecule has 0 radical (unpaired) electrons. The van der Waals surface area contributed by atoms with E-state index in [0.29, 0.717) is 12.5 Å². The zero-order chi connectivity index (χ0) is 13.5. The highest BCUT2D eigenvalue weighted by Crippen LogP contribution is 2.30. The Morgan fingerprint density at radius 2 is 2.30 bits per heavy atom. The maximum absolute atomic E-state index is 5.82. The lowest BCUT2D eigenvalue weighted by Crippen LogP contribution is -2.04. The van der Waals surface area contributed by atoms with Crippen molar-refractivity contribution in [2.24, 2.45) is 0 Å². The Kier molecular flexibility index (Phi) is 2.68. The molecule has 1 fully saturated rings. The Morgan fingerprint density at radius 1 is 1.35 bits per heavy atom. The Labute approximate surface area is 119 Å². The first-order valence-electron chi connectivity index (χ1n) is 6.47. The van der Waals surface area contributed by atoms with Crippen molar-refractivity contribution in [3.63, 3.8) is 0 Å². The van der Waals surface area contributed by atoms with Crippen molar-refractivity contribution in [1.29, 1.82) is 0 Å². The second kappa shape index (κ2) is 4.53. The molecule has 1 saturated heterocycles. The molecule has 0 amide bonds. The van der Waals surface area contributed by atoms with E-state index in [2.05, 4.69) is 15.3 Å². The van der Waals surface area contributed by atoms with E-state index in [1.165, 1.54) is 11.3 Å². The van der Waals surface area contributed by atoms with E-state index < -0.39 is 0 Å². The maximum atomic E-state index is 5.82. The van der Waals surface area contributed by atoms with Gasteiger partial charge in [-0.3, -0.25) is 0 Å². The van der Waals surface area contributed by atoms with Crippen molar-refractivity contribution in [2.45, 2.75) is 12.3 Å². The zero-order valence-corrected chi connectivity index (χ0v) is 11.5. The minimum atomic E-state index is 0.292. The number of anilines is 1. The molecular weight excluding hydrogens is 274 g/mol. The molecule has 2 aromatic heterocycles. The molecule has 7 heteroatoms. The van der Waals surface area contributed by atoms with Crippen LogP contribution in [0.5, 0.6) is 0 Å². The quantitative estimate of drug-likeness (QED) is 0.729. The van der Waals surface area contributed by atoms with Gasteiger partial charge in [0.1, 0.15) is 5.01 Å². The van der Waals surface area contributed by atoms with Gasteiger partial charge >= 0.3 is 0 Å². The SMILES string of the molecule is Nc1cccc(-c2nn3c(C4CCOC4)nnc3s2)c1. The highest BCUT2D eigenvalue weighted by Gasteiger charge is 2.24. The van der Waals surface area contributed by atoms with Gasteiger partial charge in [-0.25, -0.2) is 0 Å². The van der Waals surface area contributed by atoms with Crippen LogP contribution in [0.15, 0.2) is 24.3 Å². The molecule has 0 bridgehead atoms. The summed E-state index contributed by atoms with van der Waals surface area (Å²) in [7, 11) is 0. The number of nitrogens with two attached hydrogens (primary N) is 1. The van der Waals surface area contributed by atoms with E-state index in [1.54, 1.807) is 0 Å². The Hall–Kier alpha value is -1.99. The number of ether oxygens (including phenoxy) is 1. The van der Waals surface area contributed by atoms with Crippen molar-refractivity contribution in [3.8, 4) is 10.6 Å². The van der Waals surface area contributed by atoms with Crippen LogP contribution in [0.25, 0.3) is 15.5 Å². The summed E-state index contributed by atoms with van der Waals surface area (Å²) in [6.45, 7) is 1.48. The van der Waals surface area contributed by atoms with Crippen molar-refractivity contribution in [1.82, 2.24) is 19.8 Å². The fraction of sp³-hybridized carbons (Fsp3) is 0.308. The lowest BCUT2D eigenvalue weighted by molar-refractivity contribution is 0.193. The van der Waals surface area contributed by atoms with E-state index in [4.69, 9.17) is 10.5 Å². The van der Waals surface area contributed by atoms with E-state index in [-0.39, 0.29) is 0 Å². The molecule has 1 aliphatic rings. The van der Waals surface area contributed by atoms with Gasteiger partial charge < -0.3 is 10.5 Å². The van der Waals surface area contributed by atoms with E-state index in [1.807, 2.05) is 28.8 Å². The van der Waals surface area contributed by atoms with Crippen LogP contribution in [0.4, 0.5) is 5.69 Å². The molecule has 6 nitrogen and oxygen atoms in total. The van der Waals surface area contributed by atoms with Crippen LogP contribution in [0, 0.1) is 0 Å². The number of nitrogens with zero attached hydrogens (tertiary/aromatic N) is 4. The predicted octanol–water partition coefficient (Wildman–Crippen LogP) is 1.94. The molecular formula is C13H13N5OS. The Bertz CT molecular complexity index is 759. The summed E-state index contributed by atoms with van der Waals surface area (Å²) in [5.41, 5.74) is 7.56. The monoisotopic (exact) mass is 287 g/mol. The number of fused-ring (bicyclic) bond motifs is 1. The van der Waals surface area contributed by atoms with Gasteiger partial charge in [-0.15, -0.1) is 10.2 Å². The zero-order valence-electron chi connectivity index (χ0n) is 10.7. The van der Waals surface area contributed by atoms with Gasteiger partial charge in [0, 0.05) is 23.8 Å². The molecule has 4 rings (SSSR count). The van der Waals surface area contributed by atoms with Crippen LogP contribution >= 0.6 is 11.3 Å². The molecule has 102 valence electrons. The second-order valence-corrected chi connectivity index (χ2v) is 5.80. The minimum Gasteiger partial charge on any atom is -0.399 e. The number of benzene rings is 1. The lowest BCUT2D eigenvalue weighted by Gasteiger charge is -2.02. The summed E-state index contributed by atoms with van der Waals surface area (Å²) in [6, 6.07) is 7.72. The fourth-order valence-corrected chi connectivity index (χ4v) is 3.26. The van der Waals surface area contributed by atoms with Crippen LogP contribution < -0.4 is 5.73 Å². The van der Waals surface area contributed by atoms with Crippen LogP contribution in [0.2, 0.25) is 0 Å². The van der Waals surface area contributed by atoms with Crippen LogP contribution in [-0.2, 0) is 4.74 Å². The minimum absolute atomic E-state index is 0.292. The summed E-state index contributed by atoms with van der Waals surface area (Å²) < 4.78 is 7.25. The van der Waals surface area contributed by atoms with Gasteiger partial charge in [0.25, 0.3) is 0 Å². The molecule has 1 aromatic carbocycles. The van der Waals surface area contributed by atoms with Gasteiger partial charge in [-0.05, 0) is 18.6 Å². The summed E-state index contributed by atoms with van der Waals surface area (Å²) >= 11 is 1.52. The molecule has 1 unspecified atom stereocenters. The fourth-order valence-electron chi connectivity index (χ4n) is 2.41. The van der Waals surface area contributed by atoms with Gasteiger partial charge in [0.15, 0.2) is 5.82 Å². The first-order valence-corrected chi connectivity index (χ1v) is 7.29. The first kappa shape index (κ1) is 11.8. The smallest absolute Gasteiger partial charge is 0.234 e. The largest absolute Gasteiger partial charge is 0.399 e. The summed E-state index contributed by atoms with van der Waals surface area (Å²) in [6.07, 6.45) is 0.978. The number of rotatable bonds is 2. The molecule has 1 atom stereocenters. The third kappa shape index (κ3) is 1.86. The highest BCUT2D eigenvalue weighted by atomic mass is 32.1. The summed E-state index contributed by atoms with van der Waals surface area (Å²) in [5, 5.41) is 14.0. The molecule has 0 saturated carbocycles. The normalized spacial score (nSPS) is 18.9. The number of aromatic nitrogens is 4. The molecule has 2 N–H and O–H groups in total. The second-order valence-electron chi connectivity index (χ2n) is 4.85. The average molecular weight is 287 g/mol. The summed E-state index contributed by atoms with van der Waals surface area (Å²) in [5.74, 6) is 1.18. The standard InChI is InChI=1S/C13H13N5OS/c14-10-3-1-2-8(6-10)12-17-18-11(9-4-5-19-7-9)15-16-13(18)20-12/h1-3,6,9H,4-5,7,14H2. The third-order valence-corrected chi connectivity index (χ3v) is 4.39. The Morgan fingerprint density at radius 3 is 3.10 bits per heavy atom. The van der Waals surface area contributed by atoms with Gasteiger partial charge in [0.05, 0.1) is 6.61 Å². The summed E-state index contributed by atoms with van der Waals surface area (Å²) in [4.78, 5) is 0.810. The van der Waals surface area contributed by atoms with Crippen LogP contribution in [0.3, 0.4) is 0 Å². The Balaban J connectivity index is 1.79. The lowest BCUT2D eigenvalue weighted by atomic mass is 10.1. The van der Waals surface area contributed by atoms with Crippen molar-refractivity contribution >= 4 is 22.0 Å². The van der Waals surface area contributed by atoms with Crippen molar-refractivity contribution in [2.75, 3.05) is 18.9 Å². The topological polar surface area (TPSA) is 78.3 Å². The van der Waals surface area contributed by atoms with Crippen molar-refractivity contribution in [3.05, 3.63) is 30.1 Å². The molecule has 0 spiro atoms. The van der Waals surface area contributed by atoms with E-state index in [0.717, 1.165) is 40.1 Å². The van der Waals surface area contributed by atoms with Crippen molar-refractivity contribution < 1.29 is 4.74 Å². The average Bonchev–Trinajstić information content (AvgIpc) is 3.14. The molecule has 20 heavy (non-hydrogen) atoms. The predicted molar refractivity (Wildman–Crippen MR) is 76.7 cm³/mol. The maximum Gasteiger partial charge on any atom is 0.234 e. The van der Waals surface area contributed by atoms with Gasteiger partial charge in [-0.2, -0.15) is 9.61 Å². The third-order valence-electron chi connectivity index (χ3n) is 3.44. The molecule has 1 aliphatic heterocycles. The van der Waals surface area contributed by atoms with Crippen LogP contribution in [0.1, 0.15) is 18.2 Å².